The molecular weight excluding hydrogens is 280 g/mol. The van der Waals surface area contributed by atoms with E-state index in [4.69, 9.17) is 4.74 Å². The summed E-state index contributed by atoms with van der Waals surface area (Å²) in [5.41, 5.74) is 3.61. The van der Waals surface area contributed by atoms with Crippen LogP contribution in [0.2, 0.25) is 0 Å². The third-order valence-electron chi connectivity index (χ3n) is 3.93. The van der Waals surface area contributed by atoms with Crippen molar-refractivity contribution in [3.63, 3.8) is 0 Å². The van der Waals surface area contributed by atoms with Crippen molar-refractivity contribution in [3.05, 3.63) is 114 Å². The monoisotopic (exact) mass is 301 g/mol. The average Bonchev–Trinajstić information content (AvgIpc) is 3.13. The van der Waals surface area contributed by atoms with Crippen LogP contribution in [0.3, 0.4) is 0 Å². The highest BCUT2D eigenvalue weighted by Gasteiger charge is 2.08. The average molecular weight is 301 g/mol. The molecule has 0 aromatic heterocycles. The third kappa shape index (κ3) is 4.24. The van der Waals surface area contributed by atoms with Gasteiger partial charge in [0.05, 0.1) is 6.10 Å². The van der Waals surface area contributed by atoms with Crippen LogP contribution in [0.5, 0.6) is 0 Å². The predicted molar refractivity (Wildman–Crippen MR) is 96.0 cm³/mol. The number of benzene rings is 2. The van der Waals surface area contributed by atoms with Crippen molar-refractivity contribution < 1.29 is 4.74 Å². The van der Waals surface area contributed by atoms with Gasteiger partial charge < -0.3 is 4.74 Å². The molecule has 0 heterocycles. The molecule has 1 aliphatic carbocycles. The highest BCUT2D eigenvalue weighted by atomic mass is 16.5. The van der Waals surface area contributed by atoms with Gasteiger partial charge >= 0.3 is 0 Å². The number of hydrogen-bond acceptors (Lipinski definition) is 1. The van der Waals surface area contributed by atoms with Crippen LogP contribution < -0.4 is 0 Å². The zero-order valence-corrected chi connectivity index (χ0v) is 13.4. The second-order valence-corrected chi connectivity index (χ2v) is 5.62. The van der Waals surface area contributed by atoms with Gasteiger partial charge in [-0.3, -0.25) is 0 Å². The lowest BCUT2D eigenvalue weighted by Gasteiger charge is -2.24. The van der Waals surface area contributed by atoms with Crippen LogP contribution in [0.25, 0.3) is 0 Å². The highest BCUT2D eigenvalue weighted by molar-refractivity contribution is 5.48. The van der Waals surface area contributed by atoms with Crippen molar-refractivity contribution in [2.75, 3.05) is 6.61 Å². The van der Waals surface area contributed by atoms with Gasteiger partial charge in [-0.25, -0.2) is 0 Å². The van der Waals surface area contributed by atoms with E-state index in [0.29, 0.717) is 6.61 Å². The quantitative estimate of drug-likeness (QED) is 0.646. The Bertz CT molecular complexity index is 681. The lowest BCUT2D eigenvalue weighted by atomic mass is 9.97. The summed E-state index contributed by atoms with van der Waals surface area (Å²) in [6.07, 6.45) is 10.6. The normalized spacial score (nSPS) is 14.0. The number of hydrogen-bond donors (Lipinski definition) is 0. The van der Waals surface area contributed by atoms with E-state index in [1.807, 2.05) is 24.3 Å². The third-order valence-corrected chi connectivity index (χ3v) is 3.93. The maximum Gasteiger partial charge on any atom is 0.0790 e. The fraction of sp³-hybridized carbons (Fsp3) is 0.136. The summed E-state index contributed by atoms with van der Waals surface area (Å²) in [6.45, 7) is 2.69. The molecule has 1 unspecified atom stereocenters. The molecule has 0 saturated carbocycles. The van der Waals surface area contributed by atoms with E-state index in [9.17, 15) is 0 Å². The molecule has 0 aliphatic heterocycles. The maximum absolute atomic E-state index is 6.13. The van der Waals surface area contributed by atoms with E-state index in [-0.39, 0.29) is 6.10 Å². The Kier molecular flexibility index (Phi) is 5.13. The molecule has 23 heavy (non-hydrogen) atoms. The number of allylic oxidation sites excluding steroid dienone is 5. The minimum atomic E-state index is 0.0722. The lowest BCUT2D eigenvalue weighted by molar-refractivity contribution is 0.0783. The molecule has 1 nitrogen and oxygen atoms in total. The predicted octanol–water partition coefficient (Wildman–Crippen LogP) is 5.44. The Hall–Kier alpha value is -2.51. The van der Waals surface area contributed by atoms with Gasteiger partial charge in [-0.15, -0.1) is 41.8 Å². The van der Waals surface area contributed by atoms with Crippen LogP contribution in [0.1, 0.15) is 24.2 Å². The van der Waals surface area contributed by atoms with E-state index in [1.165, 1.54) is 22.6 Å². The summed E-state index contributed by atoms with van der Waals surface area (Å²) < 4.78 is 6.13. The van der Waals surface area contributed by atoms with Crippen LogP contribution in [-0.4, -0.2) is 6.61 Å². The van der Waals surface area contributed by atoms with Crippen molar-refractivity contribution in [2.45, 2.75) is 13.0 Å². The zero-order valence-electron chi connectivity index (χ0n) is 13.4. The van der Waals surface area contributed by atoms with Crippen molar-refractivity contribution in [1.29, 1.82) is 0 Å². The van der Waals surface area contributed by atoms with Gasteiger partial charge in [0.1, 0.15) is 0 Å². The van der Waals surface area contributed by atoms with Crippen molar-refractivity contribution in [3.8, 4) is 0 Å². The molecule has 1 heteroatoms. The Balaban J connectivity index is 1.73. The topological polar surface area (TPSA) is 9.23 Å². The summed E-state index contributed by atoms with van der Waals surface area (Å²) in [5, 5.41) is 0. The summed E-state index contributed by atoms with van der Waals surface area (Å²) >= 11 is 0. The summed E-state index contributed by atoms with van der Waals surface area (Å²) in [6, 6.07) is 20.8. The molecule has 0 spiro atoms. The van der Waals surface area contributed by atoms with Gasteiger partial charge in [0.15, 0.2) is 0 Å². The molecule has 0 fully saturated rings. The van der Waals surface area contributed by atoms with E-state index in [1.54, 1.807) is 0 Å². The van der Waals surface area contributed by atoms with Gasteiger partial charge in [0.25, 0.3) is 0 Å². The van der Waals surface area contributed by atoms with Crippen molar-refractivity contribution in [1.82, 2.24) is 0 Å². The van der Waals surface area contributed by atoms with E-state index < -0.39 is 0 Å². The number of ether oxygens (including phenoxy) is 1. The first kappa shape index (κ1) is 15.4. The van der Waals surface area contributed by atoms with Crippen LogP contribution in [0.15, 0.2) is 96.6 Å². The summed E-state index contributed by atoms with van der Waals surface area (Å²) in [7, 11) is 0. The van der Waals surface area contributed by atoms with Crippen LogP contribution in [0, 0.1) is 5.92 Å². The van der Waals surface area contributed by atoms with E-state index >= 15 is 0 Å². The first-order chi connectivity index (χ1) is 11.3. The van der Waals surface area contributed by atoms with Gasteiger partial charge in [-0.05, 0) is 12.5 Å². The second kappa shape index (κ2) is 7.66. The van der Waals surface area contributed by atoms with E-state index in [2.05, 4.69) is 73.7 Å². The van der Waals surface area contributed by atoms with Crippen LogP contribution >= 0.6 is 0 Å². The Morgan fingerprint density at radius 3 is 2.17 bits per heavy atom. The smallest absolute Gasteiger partial charge is 0.0790 e. The molecule has 116 valence electrons. The highest BCUT2D eigenvalue weighted by Crippen LogP contribution is 2.24. The van der Waals surface area contributed by atoms with Crippen LogP contribution in [-0.2, 0) is 4.74 Å². The standard InChI is InChI=1S/C22H21O/c1-18(20-12-4-2-5-13-20)23-17-22(16-19-10-8-9-11-19)21-14-6-3-7-15-21/h2-16,18H,17H2,1H3/q-1. The second-order valence-electron chi connectivity index (χ2n) is 5.62. The van der Waals surface area contributed by atoms with Crippen molar-refractivity contribution >= 4 is 0 Å². The maximum atomic E-state index is 6.13. The molecule has 0 N–H and O–H groups in total. The molecule has 1 aliphatic rings. The minimum Gasteiger partial charge on any atom is -0.378 e. The van der Waals surface area contributed by atoms with E-state index in [0.717, 1.165) is 0 Å². The first-order valence-electron chi connectivity index (χ1n) is 7.97. The Morgan fingerprint density at radius 1 is 0.913 bits per heavy atom. The molecular formula is C22H21O-. The Morgan fingerprint density at radius 2 is 1.52 bits per heavy atom. The zero-order chi connectivity index (χ0) is 15.9. The molecule has 0 saturated heterocycles. The molecule has 1 atom stereocenters. The molecule has 2 aromatic rings. The largest absolute Gasteiger partial charge is 0.378 e. The summed E-state index contributed by atoms with van der Waals surface area (Å²) in [5.74, 6) is 1.19. The SMILES string of the molecule is CC(OC[C-](C=C1C=CC=C1)c1ccccc1)c1ccccc1. The molecule has 0 bridgehead atoms. The number of rotatable bonds is 6. The molecule has 2 aromatic carbocycles. The van der Waals surface area contributed by atoms with Gasteiger partial charge in [0.2, 0.25) is 0 Å². The van der Waals surface area contributed by atoms with Gasteiger partial charge in [0, 0.05) is 6.61 Å². The molecule has 0 amide bonds. The minimum absolute atomic E-state index is 0.0722. The van der Waals surface area contributed by atoms with Crippen molar-refractivity contribution in [2.24, 2.45) is 0 Å². The molecule has 0 radical (unpaired) electrons. The summed E-state index contributed by atoms with van der Waals surface area (Å²) in [4.78, 5) is 0. The Labute approximate surface area is 138 Å². The first-order valence-corrected chi connectivity index (χ1v) is 7.97. The lowest BCUT2D eigenvalue weighted by Crippen LogP contribution is -2.10. The van der Waals surface area contributed by atoms with Crippen LogP contribution in [0.4, 0.5) is 0 Å². The fourth-order valence-electron chi connectivity index (χ4n) is 2.58. The molecule has 3 rings (SSSR count). The van der Waals surface area contributed by atoms with Gasteiger partial charge in [-0.2, -0.15) is 0 Å². The van der Waals surface area contributed by atoms with Gasteiger partial charge in [-0.1, -0.05) is 66.3 Å². The fourth-order valence-corrected chi connectivity index (χ4v) is 2.58.